The summed E-state index contributed by atoms with van der Waals surface area (Å²) in [7, 11) is 0. The first-order valence-corrected chi connectivity index (χ1v) is 6.08. The molecule has 0 N–H and O–H groups in total. The molecule has 0 fully saturated rings. The van der Waals surface area contributed by atoms with E-state index in [2.05, 4.69) is 12.1 Å². The minimum Gasteiger partial charge on any atom is -0.294 e. The van der Waals surface area contributed by atoms with Gasteiger partial charge in [-0.05, 0) is 42.7 Å². The number of halogens is 1. The fourth-order valence-corrected chi connectivity index (χ4v) is 1.88. The molecule has 92 valence electrons. The molecule has 0 aliphatic heterocycles. The summed E-state index contributed by atoms with van der Waals surface area (Å²) in [5.74, 6) is -0.234. The number of benzene rings is 2. The Morgan fingerprint density at radius 2 is 1.61 bits per heavy atom. The maximum absolute atomic E-state index is 12.7. The highest BCUT2D eigenvalue weighted by Gasteiger charge is 2.05. The monoisotopic (exact) mass is 241 g/mol. The van der Waals surface area contributed by atoms with Crippen LogP contribution >= 0.6 is 0 Å². The highest BCUT2D eigenvalue weighted by atomic mass is 18.2. The van der Waals surface area contributed by atoms with Crippen LogP contribution in [-0.2, 0) is 6.42 Å². The van der Waals surface area contributed by atoms with Crippen LogP contribution in [0.4, 0.5) is 4.39 Å². The summed E-state index contributed by atoms with van der Waals surface area (Å²) in [4.78, 5) is 11.8. The van der Waals surface area contributed by atoms with E-state index >= 15 is 0 Å². The molecule has 1 nitrogen and oxygen atoms in total. The average Bonchev–Trinajstić information content (AvgIpc) is 2.40. The minimum atomic E-state index is -0.309. The van der Waals surface area contributed by atoms with Gasteiger partial charge in [0.15, 0.2) is 5.78 Å². The first-order chi connectivity index (χ1) is 8.75. The van der Waals surface area contributed by atoms with Crippen molar-refractivity contribution in [1.82, 2.24) is 0 Å². The molecule has 2 rings (SSSR count). The normalized spacial score (nSPS) is 10.3. The number of rotatable bonds is 5. The second kappa shape index (κ2) is 6.10. The Kier molecular flexibility index (Phi) is 4.24. The Bertz CT molecular complexity index is 502. The van der Waals surface area contributed by atoms with Gasteiger partial charge in [0.25, 0.3) is 0 Å². The zero-order chi connectivity index (χ0) is 12.8. The van der Waals surface area contributed by atoms with E-state index in [-0.39, 0.29) is 11.6 Å². The van der Waals surface area contributed by atoms with Gasteiger partial charge in [-0.15, -0.1) is 0 Å². The predicted octanol–water partition coefficient (Wildman–Crippen LogP) is 4.03. The van der Waals surface area contributed by atoms with Gasteiger partial charge in [-0.1, -0.05) is 30.3 Å². The van der Waals surface area contributed by atoms with E-state index in [1.807, 2.05) is 18.2 Å². The molecule has 0 spiro atoms. The van der Waals surface area contributed by atoms with Crippen molar-refractivity contribution in [2.24, 2.45) is 0 Å². The van der Waals surface area contributed by atoms with Gasteiger partial charge in [0.2, 0.25) is 0 Å². The lowest BCUT2D eigenvalue weighted by molar-refractivity contribution is 0.0980. The summed E-state index contributed by atoms with van der Waals surface area (Å²) in [6.07, 6.45) is 2.22. The van der Waals surface area contributed by atoms with E-state index in [1.165, 1.54) is 17.7 Å². The Morgan fingerprint density at radius 3 is 2.28 bits per heavy atom. The van der Waals surface area contributed by atoms with Crippen LogP contribution in [0.15, 0.2) is 54.6 Å². The number of ketones is 1. The maximum Gasteiger partial charge on any atom is 0.162 e. The van der Waals surface area contributed by atoms with Crippen molar-refractivity contribution in [3.8, 4) is 0 Å². The van der Waals surface area contributed by atoms with Crippen LogP contribution < -0.4 is 0 Å². The smallest absolute Gasteiger partial charge is 0.162 e. The van der Waals surface area contributed by atoms with Crippen molar-refractivity contribution in [2.45, 2.75) is 19.3 Å². The zero-order valence-corrected chi connectivity index (χ0v) is 10.1. The lowest BCUT2D eigenvalue weighted by Crippen LogP contribution is -2.00. The fraction of sp³-hybridized carbons (Fsp3) is 0.188. The molecular formula is C16H15FO. The van der Waals surface area contributed by atoms with Crippen molar-refractivity contribution in [2.75, 3.05) is 0 Å². The summed E-state index contributed by atoms with van der Waals surface area (Å²) in [5, 5.41) is 0. The number of hydrogen-bond acceptors (Lipinski definition) is 1. The van der Waals surface area contributed by atoms with Gasteiger partial charge in [0, 0.05) is 12.0 Å². The Morgan fingerprint density at radius 1 is 0.944 bits per heavy atom. The molecule has 2 heteroatoms. The zero-order valence-electron chi connectivity index (χ0n) is 10.1. The van der Waals surface area contributed by atoms with Gasteiger partial charge < -0.3 is 0 Å². The van der Waals surface area contributed by atoms with Gasteiger partial charge in [0.05, 0.1) is 0 Å². The van der Waals surface area contributed by atoms with E-state index in [4.69, 9.17) is 0 Å². The van der Waals surface area contributed by atoms with E-state index in [9.17, 15) is 9.18 Å². The molecule has 0 atom stereocenters. The van der Waals surface area contributed by atoms with Crippen LogP contribution in [0.2, 0.25) is 0 Å². The molecular weight excluding hydrogens is 226 g/mol. The van der Waals surface area contributed by atoms with Crippen LogP contribution in [0.5, 0.6) is 0 Å². The van der Waals surface area contributed by atoms with Crippen molar-refractivity contribution in [3.05, 3.63) is 71.5 Å². The standard InChI is InChI=1S/C16H15FO/c17-15-11-9-14(10-12-15)16(18)8-4-7-13-5-2-1-3-6-13/h1-3,5-6,9-12H,4,7-8H2/i17-1. The first-order valence-electron chi connectivity index (χ1n) is 6.08. The van der Waals surface area contributed by atoms with E-state index in [0.29, 0.717) is 12.0 Å². The third kappa shape index (κ3) is 3.52. The van der Waals surface area contributed by atoms with E-state index in [0.717, 1.165) is 12.8 Å². The molecule has 0 aliphatic rings. The Labute approximate surface area is 106 Å². The summed E-state index contributed by atoms with van der Waals surface area (Å²) in [6, 6.07) is 15.8. The lowest BCUT2D eigenvalue weighted by atomic mass is 10.0. The van der Waals surface area contributed by atoms with Crippen LogP contribution in [0.3, 0.4) is 0 Å². The van der Waals surface area contributed by atoms with Gasteiger partial charge >= 0.3 is 0 Å². The van der Waals surface area contributed by atoms with E-state index in [1.54, 1.807) is 12.1 Å². The number of aryl methyl sites for hydroxylation is 1. The van der Waals surface area contributed by atoms with Gasteiger partial charge in [-0.3, -0.25) is 4.79 Å². The largest absolute Gasteiger partial charge is 0.294 e. The molecule has 0 amide bonds. The quantitative estimate of drug-likeness (QED) is 0.722. The topological polar surface area (TPSA) is 17.1 Å². The Balaban J connectivity index is 1.84. The van der Waals surface area contributed by atoms with Crippen molar-refractivity contribution >= 4 is 5.78 Å². The molecule has 0 saturated carbocycles. The predicted molar refractivity (Wildman–Crippen MR) is 70.1 cm³/mol. The third-order valence-electron chi connectivity index (χ3n) is 2.88. The number of carbonyl (C=O) groups excluding carboxylic acids is 1. The highest BCUT2D eigenvalue weighted by Crippen LogP contribution is 2.10. The fourth-order valence-electron chi connectivity index (χ4n) is 1.88. The molecule has 0 aliphatic carbocycles. The summed E-state index contributed by atoms with van der Waals surface area (Å²) >= 11 is 0. The molecule has 2 aromatic carbocycles. The first kappa shape index (κ1) is 12.5. The molecule has 0 unspecified atom stereocenters. The molecule has 0 saturated heterocycles. The van der Waals surface area contributed by atoms with Crippen LogP contribution in [0.1, 0.15) is 28.8 Å². The second-order valence-electron chi connectivity index (χ2n) is 4.27. The average molecular weight is 241 g/mol. The molecule has 0 aromatic heterocycles. The molecule has 0 radical (unpaired) electrons. The molecule has 0 heterocycles. The minimum absolute atomic E-state index is 0.0749. The van der Waals surface area contributed by atoms with Crippen molar-refractivity contribution in [3.63, 3.8) is 0 Å². The van der Waals surface area contributed by atoms with Gasteiger partial charge in [-0.25, -0.2) is 4.39 Å². The number of carbonyl (C=O) groups is 1. The van der Waals surface area contributed by atoms with Crippen molar-refractivity contribution in [1.29, 1.82) is 0 Å². The SMILES string of the molecule is O=C(CCCc1ccccc1)c1ccc([18F])cc1. The van der Waals surface area contributed by atoms with Crippen LogP contribution in [-0.4, -0.2) is 5.78 Å². The summed E-state index contributed by atoms with van der Waals surface area (Å²) < 4.78 is 12.7. The Hall–Kier alpha value is -1.96. The number of hydrogen-bond donors (Lipinski definition) is 0. The third-order valence-corrected chi connectivity index (χ3v) is 2.88. The van der Waals surface area contributed by atoms with Crippen molar-refractivity contribution < 1.29 is 9.18 Å². The number of Topliss-reactive ketones (excluding diaryl/α,β-unsaturated/α-hetero) is 1. The summed E-state index contributed by atoms with van der Waals surface area (Å²) in [6.45, 7) is 0. The lowest BCUT2D eigenvalue weighted by Gasteiger charge is -2.02. The maximum atomic E-state index is 12.7. The van der Waals surface area contributed by atoms with E-state index < -0.39 is 0 Å². The molecule has 18 heavy (non-hydrogen) atoms. The highest BCUT2D eigenvalue weighted by molar-refractivity contribution is 5.95. The molecule has 2 aromatic rings. The van der Waals surface area contributed by atoms with Gasteiger partial charge in [-0.2, -0.15) is 0 Å². The summed E-state index contributed by atoms with van der Waals surface area (Å²) in [5.41, 5.74) is 1.83. The van der Waals surface area contributed by atoms with Crippen LogP contribution in [0.25, 0.3) is 0 Å². The van der Waals surface area contributed by atoms with Crippen LogP contribution in [0, 0.1) is 5.82 Å². The van der Waals surface area contributed by atoms with Gasteiger partial charge in [0.1, 0.15) is 5.82 Å². The second-order valence-corrected chi connectivity index (χ2v) is 4.27. The molecule has 0 bridgehead atoms.